The summed E-state index contributed by atoms with van der Waals surface area (Å²) in [6.45, 7) is 2.72. The summed E-state index contributed by atoms with van der Waals surface area (Å²) in [5, 5.41) is 7.09. The zero-order valence-corrected chi connectivity index (χ0v) is 12.4. The molecular formula is C12H15N3O2S2. The highest BCUT2D eigenvalue weighted by Gasteiger charge is 2.06. The smallest absolute Gasteiger partial charge is 0.305 e. The maximum atomic E-state index is 11.0. The summed E-state index contributed by atoms with van der Waals surface area (Å²) in [5.74, 6) is -0.208. The van der Waals surface area contributed by atoms with Gasteiger partial charge in [-0.05, 0) is 6.92 Å². The van der Waals surface area contributed by atoms with Crippen molar-refractivity contribution in [2.45, 2.75) is 26.3 Å². The van der Waals surface area contributed by atoms with E-state index in [1.807, 2.05) is 18.5 Å². The van der Waals surface area contributed by atoms with Crippen molar-refractivity contribution in [3.8, 4) is 0 Å². The predicted octanol–water partition coefficient (Wildman–Crippen LogP) is 2.63. The lowest BCUT2D eigenvalue weighted by molar-refractivity contribution is -0.140. The predicted molar refractivity (Wildman–Crippen MR) is 76.6 cm³/mol. The molecule has 0 radical (unpaired) electrons. The van der Waals surface area contributed by atoms with Crippen LogP contribution in [0.3, 0.4) is 0 Å². The van der Waals surface area contributed by atoms with Gasteiger partial charge < -0.3 is 10.1 Å². The minimum absolute atomic E-state index is 0.208. The SMILES string of the molecule is COC(=O)CCc1csc(NCc2ncc(C)s2)n1. The number of hydrogen-bond donors (Lipinski definition) is 1. The molecule has 7 heteroatoms. The first-order valence-electron chi connectivity index (χ1n) is 5.84. The molecule has 102 valence electrons. The third-order valence-corrected chi connectivity index (χ3v) is 4.19. The van der Waals surface area contributed by atoms with Gasteiger partial charge in [-0.15, -0.1) is 22.7 Å². The van der Waals surface area contributed by atoms with Gasteiger partial charge in [-0.1, -0.05) is 0 Å². The lowest BCUT2D eigenvalue weighted by Crippen LogP contribution is -2.02. The molecule has 2 rings (SSSR count). The number of esters is 1. The Morgan fingerprint density at radius 3 is 3.05 bits per heavy atom. The highest BCUT2D eigenvalue weighted by atomic mass is 32.1. The van der Waals surface area contributed by atoms with Crippen LogP contribution in [-0.2, 0) is 22.5 Å². The molecule has 0 spiro atoms. The molecule has 0 atom stereocenters. The van der Waals surface area contributed by atoms with Crippen LogP contribution >= 0.6 is 22.7 Å². The Morgan fingerprint density at radius 2 is 2.37 bits per heavy atom. The Balaban J connectivity index is 1.82. The molecule has 0 saturated heterocycles. The summed E-state index contributed by atoms with van der Waals surface area (Å²) in [4.78, 5) is 20.9. The zero-order chi connectivity index (χ0) is 13.7. The van der Waals surface area contributed by atoms with Crippen molar-refractivity contribution in [3.63, 3.8) is 0 Å². The molecule has 2 aromatic heterocycles. The standard InChI is InChI=1S/C12H15N3O2S2/c1-8-5-13-10(19-8)6-14-12-15-9(7-18-12)3-4-11(16)17-2/h5,7H,3-4,6H2,1-2H3,(H,14,15). The summed E-state index contributed by atoms with van der Waals surface area (Å²) in [7, 11) is 1.40. The molecular weight excluding hydrogens is 282 g/mol. The van der Waals surface area contributed by atoms with E-state index >= 15 is 0 Å². The first-order chi connectivity index (χ1) is 9.17. The van der Waals surface area contributed by atoms with Crippen molar-refractivity contribution in [3.05, 3.63) is 27.2 Å². The normalized spacial score (nSPS) is 10.4. The summed E-state index contributed by atoms with van der Waals surface area (Å²) in [6, 6.07) is 0. The van der Waals surface area contributed by atoms with Crippen molar-refractivity contribution in [2.24, 2.45) is 0 Å². The Labute approximate surface area is 119 Å². The number of carbonyl (C=O) groups excluding carboxylic acids is 1. The fraction of sp³-hybridized carbons (Fsp3) is 0.417. The first-order valence-corrected chi connectivity index (χ1v) is 7.53. The van der Waals surface area contributed by atoms with Gasteiger partial charge >= 0.3 is 5.97 Å². The van der Waals surface area contributed by atoms with Gasteiger partial charge in [-0.3, -0.25) is 4.79 Å². The van der Waals surface area contributed by atoms with E-state index in [9.17, 15) is 4.79 Å². The Hall–Kier alpha value is -1.47. The number of thiazole rings is 2. The van der Waals surface area contributed by atoms with Crippen molar-refractivity contribution < 1.29 is 9.53 Å². The molecule has 0 amide bonds. The van der Waals surface area contributed by atoms with E-state index in [4.69, 9.17) is 0 Å². The second kappa shape index (κ2) is 6.63. The van der Waals surface area contributed by atoms with Gasteiger partial charge in [-0.25, -0.2) is 9.97 Å². The molecule has 0 aliphatic rings. The van der Waals surface area contributed by atoms with Gasteiger partial charge in [0, 0.05) is 22.9 Å². The van der Waals surface area contributed by atoms with Gasteiger partial charge in [0.15, 0.2) is 5.13 Å². The van der Waals surface area contributed by atoms with E-state index in [1.165, 1.54) is 23.3 Å². The molecule has 0 aliphatic heterocycles. The van der Waals surface area contributed by atoms with E-state index in [1.54, 1.807) is 11.3 Å². The minimum atomic E-state index is -0.208. The van der Waals surface area contributed by atoms with Crippen LogP contribution in [0.4, 0.5) is 5.13 Å². The number of nitrogens with one attached hydrogen (secondary N) is 1. The molecule has 0 fully saturated rings. The van der Waals surface area contributed by atoms with Gasteiger partial charge in [0.05, 0.1) is 25.8 Å². The number of hydrogen-bond acceptors (Lipinski definition) is 7. The van der Waals surface area contributed by atoms with Crippen LogP contribution in [0, 0.1) is 6.92 Å². The molecule has 0 saturated carbocycles. The molecule has 2 heterocycles. The van der Waals surface area contributed by atoms with Crippen LogP contribution < -0.4 is 5.32 Å². The second-order valence-corrected chi connectivity index (χ2v) is 6.12. The number of methoxy groups -OCH3 is 1. The fourth-order valence-corrected chi connectivity index (χ4v) is 2.94. The maximum absolute atomic E-state index is 11.0. The van der Waals surface area contributed by atoms with Crippen LogP contribution in [0.2, 0.25) is 0 Å². The highest BCUT2D eigenvalue weighted by Crippen LogP contribution is 2.19. The average Bonchev–Trinajstić information content (AvgIpc) is 3.02. The molecule has 1 N–H and O–H groups in total. The van der Waals surface area contributed by atoms with Gasteiger partial charge in [0.2, 0.25) is 0 Å². The number of anilines is 1. The lowest BCUT2D eigenvalue weighted by atomic mass is 10.2. The number of aryl methyl sites for hydroxylation is 2. The van der Waals surface area contributed by atoms with Gasteiger partial charge in [0.25, 0.3) is 0 Å². The second-order valence-electron chi connectivity index (χ2n) is 3.94. The minimum Gasteiger partial charge on any atom is -0.469 e. The van der Waals surface area contributed by atoms with Crippen molar-refractivity contribution in [1.82, 2.24) is 9.97 Å². The maximum Gasteiger partial charge on any atom is 0.305 e. The molecule has 2 aromatic rings. The van der Waals surface area contributed by atoms with Gasteiger partial charge in [-0.2, -0.15) is 0 Å². The van der Waals surface area contributed by atoms with E-state index in [2.05, 4.69) is 20.0 Å². The molecule has 0 aromatic carbocycles. The zero-order valence-electron chi connectivity index (χ0n) is 10.8. The van der Waals surface area contributed by atoms with Crippen LogP contribution in [0.5, 0.6) is 0 Å². The Morgan fingerprint density at radius 1 is 1.53 bits per heavy atom. The quantitative estimate of drug-likeness (QED) is 0.830. The monoisotopic (exact) mass is 297 g/mol. The number of rotatable bonds is 6. The number of carbonyl (C=O) groups is 1. The summed E-state index contributed by atoms with van der Waals surface area (Å²) >= 11 is 3.21. The Bertz CT molecular complexity index is 551. The number of ether oxygens (including phenoxy) is 1. The summed E-state index contributed by atoms with van der Waals surface area (Å²) in [6.07, 6.45) is 2.85. The van der Waals surface area contributed by atoms with E-state index < -0.39 is 0 Å². The summed E-state index contributed by atoms with van der Waals surface area (Å²) in [5.41, 5.74) is 0.910. The molecule has 19 heavy (non-hydrogen) atoms. The largest absolute Gasteiger partial charge is 0.469 e. The molecule has 0 bridgehead atoms. The van der Waals surface area contributed by atoms with E-state index in [0.29, 0.717) is 19.4 Å². The number of nitrogens with zero attached hydrogens (tertiary/aromatic N) is 2. The van der Waals surface area contributed by atoms with Crippen LogP contribution in [0.25, 0.3) is 0 Å². The third kappa shape index (κ3) is 4.29. The Kier molecular flexibility index (Phi) is 4.86. The lowest BCUT2D eigenvalue weighted by Gasteiger charge is -1.98. The van der Waals surface area contributed by atoms with E-state index in [-0.39, 0.29) is 5.97 Å². The van der Waals surface area contributed by atoms with Crippen molar-refractivity contribution in [1.29, 1.82) is 0 Å². The molecule has 5 nitrogen and oxygen atoms in total. The molecule has 0 aliphatic carbocycles. The summed E-state index contributed by atoms with van der Waals surface area (Å²) < 4.78 is 4.60. The van der Waals surface area contributed by atoms with Crippen molar-refractivity contribution >= 4 is 33.8 Å². The van der Waals surface area contributed by atoms with Crippen LogP contribution in [0.15, 0.2) is 11.6 Å². The third-order valence-electron chi connectivity index (χ3n) is 2.42. The van der Waals surface area contributed by atoms with Crippen LogP contribution in [-0.4, -0.2) is 23.0 Å². The average molecular weight is 297 g/mol. The number of aromatic nitrogens is 2. The molecule has 0 unspecified atom stereocenters. The first kappa shape index (κ1) is 14.0. The van der Waals surface area contributed by atoms with Crippen molar-refractivity contribution in [2.75, 3.05) is 12.4 Å². The topological polar surface area (TPSA) is 64.1 Å². The highest BCUT2D eigenvalue weighted by molar-refractivity contribution is 7.13. The van der Waals surface area contributed by atoms with Crippen LogP contribution in [0.1, 0.15) is 22.0 Å². The van der Waals surface area contributed by atoms with Gasteiger partial charge in [0.1, 0.15) is 5.01 Å². The fourth-order valence-electron chi connectivity index (χ4n) is 1.47. The van der Waals surface area contributed by atoms with E-state index in [0.717, 1.165) is 15.8 Å².